The van der Waals surface area contributed by atoms with Gasteiger partial charge in [0, 0.05) is 51.4 Å². The summed E-state index contributed by atoms with van der Waals surface area (Å²) in [6, 6.07) is 33.1. The largest absolute Gasteiger partial charge is 0.351 e. The average molecular weight is 564 g/mol. The van der Waals surface area contributed by atoms with Gasteiger partial charge in [0.2, 0.25) is 0 Å². The number of benzene rings is 3. The summed E-state index contributed by atoms with van der Waals surface area (Å²) in [4.78, 5) is 19.4. The van der Waals surface area contributed by atoms with Crippen LogP contribution in [-0.4, -0.2) is 19.6 Å². The Hall–Kier alpha value is -4.47. The molecule has 0 radical (unpaired) electrons. The van der Waals surface area contributed by atoms with Crippen LogP contribution >= 0.6 is 24.0 Å². The van der Waals surface area contributed by atoms with E-state index in [4.69, 9.17) is 12.2 Å². The lowest BCUT2D eigenvalue weighted by Gasteiger charge is -2.29. The number of non-ortho nitro benzene ring substituents is 1. The molecule has 0 saturated carbocycles. The molecular formula is C31H25N5O2S2. The first-order valence-corrected chi connectivity index (χ1v) is 14.0. The van der Waals surface area contributed by atoms with Crippen LogP contribution in [0.5, 0.6) is 0 Å². The zero-order valence-corrected chi connectivity index (χ0v) is 23.2. The number of nitrogens with one attached hydrogen (secondary N) is 1. The summed E-state index contributed by atoms with van der Waals surface area (Å²) in [6.45, 7) is 2.09. The van der Waals surface area contributed by atoms with Crippen molar-refractivity contribution in [2.45, 2.75) is 28.8 Å². The number of aromatic nitrogens is 2. The second-order valence-electron chi connectivity index (χ2n) is 9.48. The molecule has 0 aliphatic carbocycles. The summed E-state index contributed by atoms with van der Waals surface area (Å²) in [5, 5.41) is 15.1. The third-order valence-electron chi connectivity index (χ3n) is 6.89. The van der Waals surface area contributed by atoms with Gasteiger partial charge < -0.3 is 14.8 Å². The lowest BCUT2D eigenvalue weighted by atomic mass is 10.0. The number of pyridine rings is 1. The van der Waals surface area contributed by atoms with Crippen molar-refractivity contribution in [1.29, 1.82) is 0 Å². The van der Waals surface area contributed by atoms with Crippen LogP contribution in [0.25, 0.3) is 5.69 Å². The van der Waals surface area contributed by atoms with Gasteiger partial charge in [0.05, 0.1) is 16.7 Å². The van der Waals surface area contributed by atoms with Gasteiger partial charge in [0.15, 0.2) is 5.11 Å². The molecule has 9 heteroatoms. The third-order valence-corrected chi connectivity index (χ3v) is 8.22. The minimum Gasteiger partial charge on any atom is -0.351 e. The van der Waals surface area contributed by atoms with Gasteiger partial charge in [-0.1, -0.05) is 35.5 Å². The molecule has 2 aromatic heterocycles. The molecule has 1 aliphatic rings. The summed E-state index contributed by atoms with van der Waals surface area (Å²) in [7, 11) is 0. The third kappa shape index (κ3) is 5.09. The smallest absolute Gasteiger partial charge is 0.269 e. The summed E-state index contributed by atoms with van der Waals surface area (Å²) in [6.07, 6.45) is 3.89. The van der Waals surface area contributed by atoms with E-state index in [1.165, 1.54) is 17.7 Å². The number of nitrogens with zero attached hydrogens (tertiary/aromatic N) is 4. The number of hydrogen-bond donors (Lipinski definition) is 1. The van der Waals surface area contributed by atoms with Gasteiger partial charge in [-0.05, 0) is 91.9 Å². The highest BCUT2D eigenvalue weighted by molar-refractivity contribution is 7.99. The Balaban J connectivity index is 1.35. The second-order valence-corrected chi connectivity index (χ2v) is 11.0. The Labute approximate surface area is 241 Å². The molecule has 2 atom stereocenters. The number of aryl methyl sites for hydroxylation is 1. The van der Waals surface area contributed by atoms with E-state index in [9.17, 15) is 10.1 Å². The molecule has 198 valence electrons. The Morgan fingerprint density at radius 3 is 2.20 bits per heavy atom. The first-order valence-electron chi connectivity index (χ1n) is 12.8. The SMILES string of the molecule is Cc1ccc(-n2cccc2[C@H]2[C@H](c3ccccn3)NC(=S)N2c2ccc(Sc3ccc([N+](=O)[O-])cc3)cc2)cc1. The van der Waals surface area contributed by atoms with Crippen molar-refractivity contribution in [1.82, 2.24) is 14.9 Å². The monoisotopic (exact) mass is 563 g/mol. The summed E-state index contributed by atoms with van der Waals surface area (Å²) in [5.74, 6) is 0. The van der Waals surface area contributed by atoms with E-state index >= 15 is 0 Å². The molecular weight excluding hydrogens is 539 g/mol. The molecule has 1 N–H and O–H groups in total. The minimum absolute atomic E-state index is 0.0821. The van der Waals surface area contributed by atoms with Gasteiger partial charge in [-0.15, -0.1) is 0 Å². The Morgan fingerprint density at radius 1 is 0.875 bits per heavy atom. The predicted octanol–water partition coefficient (Wildman–Crippen LogP) is 7.42. The molecule has 5 aromatic rings. The second kappa shape index (κ2) is 11.0. The Kier molecular flexibility index (Phi) is 7.06. The van der Waals surface area contributed by atoms with E-state index in [0.29, 0.717) is 5.11 Å². The molecule has 3 aromatic carbocycles. The quantitative estimate of drug-likeness (QED) is 0.125. The maximum atomic E-state index is 11.0. The molecule has 7 nitrogen and oxygen atoms in total. The topological polar surface area (TPSA) is 76.2 Å². The number of nitro groups is 1. The van der Waals surface area contributed by atoms with Crippen molar-refractivity contribution in [2.75, 3.05) is 4.90 Å². The van der Waals surface area contributed by atoms with Crippen LogP contribution in [0.2, 0.25) is 0 Å². The number of hydrogen-bond acceptors (Lipinski definition) is 5. The van der Waals surface area contributed by atoms with Crippen molar-refractivity contribution >= 4 is 40.5 Å². The van der Waals surface area contributed by atoms with E-state index in [1.54, 1.807) is 23.9 Å². The van der Waals surface area contributed by atoms with Gasteiger partial charge >= 0.3 is 0 Å². The molecule has 40 heavy (non-hydrogen) atoms. The molecule has 0 amide bonds. The van der Waals surface area contributed by atoms with Gasteiger partial charge in [0.25, 0.3) is 5.69 Å². The maximum Gasteiger partial charge on any atom is 0.269 e. The number of nitro benzene ring substituents is 1. The van der Waals surface area contributed by atoms with Crippen LogP contribution < -0.4 is 10.2 Å². The van der Waals surface area contributed by atoms with Crippen LogP contribution in [0.15, 0.2) is 125 Å². The highest BCUT2D eigenvalue weighted by Gasteiger charge is 2.42. The first kappa shape index (κ1) is 25.8. The van der Waals surface area contributed by atoms with Crippen molar-refractivity contribution in [3.05, 3.63) is 143 Å². The standard InChI is InChI=1S/C31H25N5O2S2/c1-21-7-9-22(10-8-21)34-20-4-6-28(34)30-29(27-5-2-3-19-32-27)33-31(39)35(30)23-11-15-25(16-12-23)40-26-17-13-24(14-18-26)36(37)38/h2-20,29-30H,1H3,(H,33,39)/t29-,30-/m0/s1. The lowest BCUT2D eigenvalue weighted by molar-refractivity contribution is -0.384. The average Bonchev–Trinajstić information content (AvgIpc) is 3.59. The van der Waals surface area contributed by atoms with E-state index in [2.05, 4.69) is 81.4 Å². The molecule has 0 spiro atoms. The Bertz CT molecular complexity index is 1650. The first-order chi connectivity index (χ1) is 19.5. The zero-order valence-electron chi connectivity index (χ0n) is 21.5. The summed E-state index contributed by atoms with van der Waals surface area (Å²) < 4.78 is 2.21. The number of anilines is 1. The van der Waals surface area contributed by atoms with E-state index in [-0.39, 0.29) is 22.7 Å². The van der Waals surface area contributed by atoms with Crippen molar-refractivity contribution in [3.8, 4) is 5.69 Å². The lowest BCUT2D eigenvalue weighted by Crippen LogP contribution is -2.30. The fourth-order valence-corrected chi connectivity index (χ4v) is 6.12. The molecule has 3 heterocycles. The number of thiocarbonyl (C=S) groups is 1. The zero-order chi connectivity index (χ0) is 27.6. The number of rotatable bonds is 7. The highest BCUT2D eigenvalue weighted by Crippen LogP contribution is 2.43. The summed E-state index contributed by atoms with van der Waals surface area (Å²) in [5.41, 5.74) is 5.35. The van der Waals surface area contributed by atoms with Crippen LogP contribution in [0.3, 0.4) is 0 Å². The fraction of sp³-hybridized carbons (Fsp3) is 0.0968. The van der Waals surface area contributed by atoms with Gasteiger partial charge in [-0.2, -0.15) is 0 Å². The van der Waals surface area contributed by atoms with Crippen LogP contribution in [0, 0.1) is 17.0 Å². The van der Waals surface area contributed by atoms with E-state index in [0.717, 1.165) is 32.6 Å². The molecule has 6 rings (SSSR count). The fourth-order valence-electron chi connectivity index (χ4n) is 4.96. The van der Waals surface area contributed by atoms with Crippen molar-refractivity contribution < 1.29 is 4.92 Å². The minimum atomic E-state index is -0.389. The van der Waals surface area contributed by atoms with Gasteiger partial charge in [0.1, 0.15) is 6.04 Å². The molecule has 1 fully saturated rings. The molecule has 1 aliphatic heterocycles. The van der Waals surface area contributed by atoms with Crippen LogP contribution in [-0.2, 0) is 0 Å². The van der Waals surface area contributed by atoms with Gasteiger partial charge in [-0.3, -0.25) is 15.1 Å². The highest BCUT2D eigenvalue weighted by atomic mass is 32.2. The predicted molar refractivity (Wildman–Crippen MR) is 162 cm³/mol. The van der Waals surface area contributed by atoms with E-state index < -0.39 is 0 Å². The molecule has 0 unspecified atom stereocenters. The van der Waals surface area contributed by atoms with Gasteiger partial charge in [-0.25, -0.2) is 0 Å². The maximum absolute atomic E-state index is 11.0. The van der Waals surface area contributed by atoms with Crippen LogP contribution in [0.1, 0.15) is 29.0 Å². The normalized spacial score (nSPS) is 16.6. The Morgan fingerprint density at radius 2 is 1.55 bits per heavy atom. The van der Waals surface area contributed by atoms with Crippen molar-refractivity contribution in [2.24, 2.45) is 0 Å². The van der Waals surface area contributed by atoms with Crippen molar-refractivity contribution in [3.63, 3.8) is 0 Å². The molecule has 0 bridgehead atoms. The molecule has 1 saturated heterocycles. The van der Waals surface area contributed by atoms with E-state index in [1.807, 2.05) is 36.5 Å². The van der Waals surface area contributed by atoms with Crippen LogP contribution in [0.4, 0.5) is 11.4 Å². The summed E-state index contributed by atoms with van der Waals surface area (Å²) >= 11 is 7.47.